The van der Waals surface area contributed by atoms with E-state index in [4.69, 9.17) is 0 Å². The molecule has 2 aromatic carbocycles. The number of nitrogens with one attached hydrogen (secondary N) is 1. The van der Waals surface area contributed by atoms with Gasteiger partial charge in [0.1, 0.15) is 12.7 Å². The standard InChI is InChI=1S/C18H15N5S/c1-2-4-15(5-3-1)17-11-24-18(22-17)20-10-14-6-8-16(9-7-14)23-13-19-12-21-23/h1-9,11-13H,10H2,(H,20,22). The number of aromatic nitrogens is 4. The average molecular weight is 333 g/mol. The predicted molar refractivity (Wildman–Crippen MR) is 96.2 cm³/mol. The van der Waals surface area contributed by atoms with Gasteiger partial charge in [-0.15, -0.1) is 11.3 Å². The fraction of sp³-hybridized carbons (Fsp3) is 0.0556. The maximum absolute atomic E-state index is 4.64. The maximum Gasteiger partial charge on any atom is 0.183 e. The highest BCUT2D eigenvalue weighted by Gasteiger charge is 2.04. The first kappa shape index (κ1) is 14.6. The monoisotopic (exact) mass is 333 g/mol. The van der Waals surface area contributed by atoms with Gasteiger partial charge in [0.25, 0.3) is 0 Å². The van der Waals surface area contributed by atoms with E-state index in [9.17, 15) is 0 Å². The molecule has 5 nitrogen and oxygen atoms in total. The van der Waals surface area contributed by atoms with Crippen molar-refractivity contribution in [2.45, 2.75) is 6.54 Å². The van der Waals surface area contributed by atoms with Crippen molar-refractivity contribution in [1.29, 1.82) is 0 Å². The zero-order valence-electron chi connectivity index (χ0n) is 12.8. The summed E-state index contributed by atoms with van der Waals surface area (Å²) >= 11 is 1.62. The van der Waals surface area contributed by atoms with Crippen LogP contribution in [0.2, 0.25) is 0 Å². The van der Waals surface area contributed by atoms with Gasteiger partial charge in [-0.2, -0.15) is 5.10 Å². The van der Waals surface area contributed by atoms with Crippen molar-refractivity contribution in [1.82, 2.24) is 19.7 Å². The molecule has 0 atom stereocenters. The van der Waals surface area contributed by atoms with Crippen molar-refractivity contribution < 1.29 is 0 Å². The third-order valence-electron chi connectivity index (χ3n) is 3.64. The summed E-state index contributed by atoms with van der Waals surface area (Å²) in [5.41, 5.74) is 4.33. The van der Waals surface area contributed by atoms with Crippen molar-refractivity contribution in [3.8, 4) is 16.9 Å². The lowest BCUT2D eigenvalue weighted by Crippen LogP contribution is -2.00. The third kappa shape index (κ3) is 3.18. The molecule has 4 rings (SSSR count). The van der Waals surface area contributed by atoms with Gasteiger partial charge in [0.2, 0.25) is 0 Å². The van der Waals surface area contributed by atoms with Crippen LogP contribution in [-0.4, -0.2) is 19.7 Å². The van der Waals surface area contributed by atoms with E-state index in [0.717, 1.165) is 28.6 Å². The van der Waals surface area contributed by atoms with E-state index in [1.54, 1.807) is 22.3 Å². The second-order valence-corrected chi connectivity index (χ2v) is 6.12. The Morgan fingerprint density at radius 1 is 1.00 bits per heavy atom. The highest BCUT2D eigenvalue weighted by molar-refractivity contribution is 7.14. The minimum Gasteiger partial charge on any atom is -0.357 e. The number of hydrogen-bond acceptors (Lipinski definition) is 5. The second-order valence-electron chi connectivity index (χ2n) is 5.26. The molecule has 1 N–H and O–H groups in total. The van der Waals surface area contributed by atoms with Crippen molar-refractivity contribution in [2.75, 3.05) is 5.32 Å². The van der Waals surface area contributed by atoms with Crippen LogP contribution in [-0.2, 0) is 6.54 Å². The number of thiazole rings is 1. The van der Waals surface area contributed by atoms with Crippen LogP contribution in [0.25, 0.3) is 16.9 Å². The van der Waals surface area contributed by atoms with Crippen LogP contribution in [0.4, 0.5) is 5.13 Å². The first-order chi connectivity index (χ1) is 11.9. The van der Waals surface area contributed by atoms with Crippen molar-refractivity contribution in [3.63, 3.8) is 0 Å². The highest BCUT2D eigenvalue weighted by atomic mass is 32.1. The molecule has 0 aliphatic rings. The van der Waals surface area contributed by atoms with Crippen LogP contribution in [0.5, 0.6) is 0 Å². The molecule has 4 aromatic rings. The fourth-order valence-corrected chi connectivity index (χ4v) is 3.10. The minimum absolute atomic E-state index is 0.735. The van der Waals surface area contributed by atoms with E-state index < -0.39 is 0 Å². The van der Waals surface area contributed by atoms with E-state index in [1.165, 1.54) is 11.9 Å². The van der Waals surface area contributed by atoms with E-state index in [2.05, 4.69) is 50.0 Å². The Balaban J connectivity index is 1.41. The lowest BCUT2D eigenvalue weighted by atomic mass is 10.2. The summed E-state index contributed by atoms with van der Waals surface area (Å²) in [5, 5.41) is 10.5. The summed E-state index contributed by atoms with van der Waals surface area (Å²) in [5.74, 6) is 0. The van der Waals surface area contributed by atoms with Gasteiger partial charge >= 0.3 is 0 Å². The molecule has 0 amide bonds. The lowest BCUT2D eigenvalue weighted by molar-refractivity contribution is 0.877. The Hall–Kier alpha value is -2.99. The minimum atomic E-state index is 0.735. The molecule has 0 aliphatic carbocycles. The second kappa shape index (κ2) is 6.64. The Kier molecular flexibility index (Phi) is 4.04. The van der Waals surface area contributed by atoms with Crippen LogP contribution in [0.15, 0.2) is 72.6 Å². The normalized spacial score (nSPS) is 10.7. The van der Waals surface area contributed by atoms with Gasteiger partial charge in [-0.25, -0.2) is 14.6 Å². The topological polar surface area (TPSA) is 55.6 Å². The Labute approximate surface area is 143 Å². The van der Waals surface area contributed by atoms with Gasteiger partial charge in [-0.1, -0.05) is 42.5 Å². The van der Waals surface area contributed by atoms with Crippen molar-refractivity contribution in [3.05, 3.63) is 78.2 Å². The van der Waals surface area contributed by atoms with Gasteiger partial charge in [0.05, 0.1) is 11.4 Å². The Morgan fingerprint density at radius 3 is 2.58 bits per heavy atom. The largest absolute Gasteiger partial charge is 0.357 e. The summed E-state index contributed by atoms with van der Waals surface area (Å²) in [7, 11) is 0. The van der Waals surface area contributed by atoms with Crippen molar-refractivity contribution in [2.24, 2.45) is 0 Å². The zero-order valence-corrected chi connectivity index (χ0v) is 13.6. The van der Waals surface area contributed by atoms with E-state index >= 15 is 0 Å². The number of benzene rings is 2. The molecule has 0 radical (unpaired) electrons. The van der Waals surface area contributed by atoms with E-state index in [0.29, 0.717) is 0 Å². The number of rotatable bonds is 5. The molecule has 24 heavy (non-hydrogen) atoms. The van der Waals surface area contributed by atoms with Crippen LogP contribution in [0.3, 0.4) is 0 Å². The number of anilines is 1. The molecular weight excluding hydrogens is 318 g/mol. The molecule has 118 valence electrons. The van der Waals surface area contributed by atoms with Gasteiger partial charge in [-0.3, -0.25) is 0 Å². The molecule has 0 aliphatic heterocycles. The molecule has 0 saturated heterocycles. The fourth-order valence-electron chi connectivity index (χ4n) is 2.38. The maximum atomic E-state index is 4.64. The Morgan fingerprint density at radius 2 is 1.83 bits per heavy atom. The molecule has 6 heteroatoms. The first-order valence-electron chi connectivity index (χ1n) is 7.57. The molecule has 0 saturated carbocycles. The number of nitrogens with zero attached hydrogens (tertiary/aromatic N) is 4. The molecule has 2 heterocycles. The van der Waals surface area contributed by atoms with Gasteiger partial charge in [0, 0.05) is 17.5 Å². The summed E-state index contributed by atoms with van der Waals surface area (Å²) in [6.45, 7) is 0.735. The van der Waals surface area contributed by atoms with Crippen LogP contribution < -0.4 is 5.32 Å². The summed E-state index contributed by atoms with van der Waals surface area (Å²) in [6.07, 6.45) is 3.22. The summed E-state index contributed by atoms with van der Waals surface area (Å²) < 4.78 is 1.74. The Bertz CT molecular complexity index is 898. The molecule has 2 aromatic heterocycles. The number of hydrogen-bond donors (Lipinski definition) is 1. The third-order valence-corrected chi connectivity index (χ3v) is 4.44. The smallest absolute Gasteiger partial charge is 0.183 e. The van der Waals surface area contributed by atoms with Gasteiger partial charge in [0.15, 0.2) is 5.13 Å². The highest BCUT2D eigenvalue weighted by Crippen LogP contribution is 2.24. The first-order valence-corrected chi connectivity index (χ1v) is 8.45. The zero-order chi connectivity index (χ0) is 16.2. The summed E-state index contributed by atoms with van der Waals surface area (Å²) in [4.78, 5) is 8.60. The van der Waals surface area contributed by atoms with E-state index in [-0.39, 0.29) is 0 Å². The van der Waals surface area contributed by atoms with Gasteiger partial charge < -0.3 is 5.32 Å². The predicted octanol–water partition coefficient (Wildman–Crippen LogP) is 4.00. The molecule has 0 spiro atoms. The van der Waals surface area contributed by atoms with Gasteiger partial charge in [-0.05, 0) is 17.7 Å². The average Bonchev–Trinajstić information content (AvgIpc) is 3.33. The molecule has 0 unspecified atom stereocenters. The SMILES string of the molecule is c1ccc(-c2csc(NCc3ccc(-n4cncn4)cc3)n2)cc1. The molecule has 0 bridgehead atoms. The van der Waals surface area contributed by atoms with Crippen LogP contribution in [0, 0.1) is 0 Å². The van der Waals surface area contributed by atoms with E-state index in [1.807, 2.05) is 30.3 Å². The quantitative estimate of drug-likeness (QED) is 0.600. The lowest BCUT2D eigenvalue weighted by Gasteiger charge is -2.05. The molecular formula is C18H15N5S. The molecule has 0 fully saturated rings. The van der Waals surface area contributed by atoms with Crippen LogP contribution >= 0.6 is 11.3 Å². The van der Waals surface area contributed by atoms with Crippen molar-refractivity contribution >= 4 is 16.5 Å². The van der Waals surface area contributed by atoms with Crippen LogP contribution in [0.1, 0.15) is 5.56 Å². The summed E-state index contributed by atoms with van der Waals surface area (Å²) in [6, 6.07) is 18.4.